The van der Waals surface area contributed by atoms with Crippen LogP contribution in [0.4, 0.5) is 4.79 Å². The lowest BCUT2D eigenvalue weighted by Crippen LogP contribution is -2.42. The van der Waals surface area contributed by atoms with Crippen LogP contribution in [0.2, 0.25) is 0 Å². The van der Waals surface area contributed by atoms with E-state index in [0.717, 1.165) is 17.2 Å². The van der Waals surface area contributed by atoms with Crippen LogP contribution in [-0.2, 0) is 6.54 Å². The lowest BCUT2D eigenvalue weighted by atomic mass is 10.2. The minimum Gasteiger partial charge on any atom is -0.330 e. The number of urea groups is 1. The summed E-state index contributed by atoms with van der Waals surface area (Å²) in [6, 6.07) is 3.99. The van der Waals surface area contributed by atoms with Gasteiger partial charge in [0.25, 0.3) is 0 Å². The minimum atomic E-state index is -0.0783. The second-order valence-electron chi connectivity index (χ2n) is 6.20. The summed E-state index contributed by atoms with van der Waals surface area (Å²) in [6.07, 6.45) is 0. The molecule has 2 heterocycles. The largest absolute Gasteiger partial charge is 0.330 e. The van der Waals surface area contributed by atoms with Crippen LogP contribution in [0.25, 0.3) is 0 Å². The van der Waals surface area contributed by atoms with Gasteiger partial charge in [-0.2, -0.15) is 0 Å². The standard InChI is InChI=1S/C17H25N3OS2/c1-11(2)9-20(10-15-7-6-8-22-15)17(21)18-12(3)16-13(4)23-14(5)19-16/h6-8,11-12H,9-10H2,1-5H3,(H,18,21)/t12-/m1/s1. The molecule has 0 unspecified atom stereocenters. The predicted molar refractivity (Wildman–Crippen MR) is 98.1 cm³/mol. The average molecular weight is 352 g/mol. The monoisotopic (exact) mass is 351 g/mol. The lowest BCUT2D eigenvalue weighted by molar-refractivity contribution is 0.185. The van der Waals surface area contributed by atoms with E-state index in [-0.39, 0.29) is 12.1 Å². The minimum absolute atomic E-state index is 0.0235. The molecule has 6 heteroatoms. The molecule has 2 rings (SSSR count). The van der Waals surface area contributed by atoms with Gasteiger partial charge in [0.2, 0.25) is 0 Å². The van der Waals surface area contributed by atoms with Crippen LogP contribution in [0.1, 0.15) is 47.3 Å². The van der Waals surface area contributed by atoms with Crippen molar-refractivity contribution >= 4 is 28.7 Å². The highest BCUT2D eigenvalue weighted by Crippen LogP contribution is 2.23. The molecule has 126 valence electrons. The highest BCUT2D eigenvalue weighted by molar-refractivity contribution is 7.11. The second-order valence-corrected chi connectivity index (χ2v) is 8.64. The topological polar surface area (TPSA) is 45.2 Å². The van der Waals surface area contributed by atoms with E-state index in [1.54, 1.807) is 22.7 Å². The zero-order valence-electron chi connectivity index (χ0n) is 14.4. The first kappa shape index (κ1) is 17.9. The van der Waals surface area contributed by atoms with Gasteiger partial charge in [-0.25, -0.2) is 9.78 Å². The molecule has 0 saturated carbocycles. The Balaban J connectivity index is 2.05. The number of hydrogen-bond acceptors (Lipinski definition) is 4. The smallest absolute Gasteiger partial charge is 0.318 e. The molecule has 0 aromatic carbocycles. The third-order valence-electron chi connectivity index (χ3n) is 3.49. The molecule has 1 atom stereocenters. The molecule has 23 heavy (non-hydrogen) atoms. The normalized spacial score (nSPS) is 12.4. The van der Waals surface area contributed by atoms with Gasteiger partial charge >= 0.3 is 6.03 Å². The molecule has 2 amide bonds. The number of thiazole rings is 1. The Labute approximate surface area is 146 Å². The van der Waals surface area contributed by atoms with Crippen molar-refractivity contribution in [3.8, 4) is 0 Å². The molecule has 0 aliphatic rings. The quantitative estimate of drug-likeness (QED) is 0.816. The first-order valence-electron chi connectivity index (χ1n) is 7.88. The van der Waals surface area contributed by atoms with E-state index in [2.05, 4.69) is 37.1 Å². The summed E-state index contributed by atoms with van der Waals surface area (Å²) in [5, 5.41) is 6.19. The Bertz CT molecular complexity index is 634. The highest BCUT2D eigenvalue weighted by atomic mass is 32.1. The number of aromatic nitrogens is 1. The van der Waals surface area contributed by atoms with Gasteiger partial charge in [0.05, 0.1) is 23.3 Å². The molecule has 0 fully saturated rings. The molecule has 0 aliphatic carbocycles. The summed E-state index contributed by atoms with van der Waals surface area (Å²) in [7, 11) is 0. The van der Waals surface area contributed by atoms with E-state index < -0.39 is 0 Å². The van der Waals surface area contributed by atoms with Gasteiger partial charge in [-0.15, -0.1) is 22.7 Å². The van der Waals surface area contributed by atoms with Crippen molar-refractivity contribution in [3.05, 3.63) is 38.0 Å². The van der Waals surface area contributed by atoms with Gasteiger partial charge in [-0.05, 0) is 38.1 Å². The van der Waals surface area contributed by atoms with Crippen LogP contribution in [0.15, 0.2) is 17.5 Å². The van der Waals surface area contributed by atoms with Crippen LogP contribution < -0.4 is 5.32 Å². The van der Waals surface area contributed by atoms with Gasteiger partial charge in [0.1, 0.15) is 0 Å². The molecule has 0 spiro atoms. The van der Waals surface area contributed by atoms with Crippen LogP contribution >= 0.6 is 22.7 Å². The number of hydrogen-bond donors (Lipinski definition) is 1. The molecule has 0 aliphatic heterocycles. The molecular weight excluding hydrogens is 326 g/mol. The zero-order chi connectivity index (χ0) is 17.0. The summed E-state index contributed by atoms with van der Waals surface area (Å²) in [6.45, 7) is 11.7. The van der Waals surface area contributed by atoms with E-state index in [1.807, 2.05) is 30.2 Å². The fraction of sp³-hybridized carbons (Fsp3) is 0.529. The molecule has 2 aromatic heterocycles. The number of nitrogens with zero attached hydrogens (tertiary/aromatic N) is 2. The number of amides is 2. The van der Waals surface area contributed by atoms with Crippen molar-refractivity contribution < 1.29 is 4.79 Å². The number of nitrogens with one attached hydrogen (secondary N) is 1. The zero-order valence-corrected chi connectivity index (χ0v) is 16.1. The second kappa shape index (κ2) is 7.93. The van der Waals surface area contributed by atoms with Gasteiger partial charge in [0.15, 0.2) is 0 Å². The fourth-order valence-corrected chi connectivity index (χ4v) is 4.18. The Hall–Kier alpha value is -1.40. The van der Waals surface area contributed by atoms with E-state index in [1.165, 1.54) is 9.75 Å². The Kier molecular flexibility index (Phi) is 6.18. The summed E-state index contributed by atoms with van der Waals surface area (Å²) >= 11 is 3.36. The van der Waals surface area contributed by atoms with Crippen molar-refractivity contribution in [2.45, 2.75) is 47.2 Å². The third-order valence-corrected chi connectivity index (χ3v) is 5.25. The maximum atomic E-state index is 12.7. The van der Waals surface area contributed by atoms with Crippen molar-refractivity contribution in [1.29, 1.82) is 0 Å². The first-order chi connectivity index (χ1) is 10.9. The van der Waals surface area contributed by atoms with Gasteiger partial charge in [-0.1, -0.05) is 19.9 Å². The van der Waals surface area contributed by atoms with E-state index >= 15 is 0 Å². The van der Waals surface area contributed by atoms with Gasteiger partial charge < -0.3 is 10.2 Å². The SMILES string of the molecule is Cc1nc([C@@H](C)NC(=O)N(Cc2cccs2)CC(C)C)c(C)s1. The molecular formula is C17H25N3OS2. The number of aryl methyl sites for hydroxylation is 2. The average Bonchev–Trinajstić information content (AvgIpc) is 3.07. The molecule has 0 saturated heterocycles. The summed E-state index contributed by atoms with van der Waals surface area (Å²) in [5.74, 6) is 0.430. The first-order valence-corrected chi connectivity index (χ1v) is 9.58. The molecule has 0 radical (unpaired) electrons. The van der Waals surface area contributed by atoms with Crippen LogP contribution in [-0.4, -0.2) is 22.5 Å². The van der Waals surface area contributed by atoms with E-state index in [0.29, 0.717) is 12.5 Å². The van der Waals surface area contributed by atoms with Crippen LogP contribution in [0.5, 0.6) is 0 Å². The summed E-state index contributed by atoms with van der Waals surface area (Å²) < 4.78 is 0. The fourth-order valence-electron chi connectivity index (χ4n) is 2.54. The number of carbonyl (C=O) groups excluding carboxylic acids is 1. The van der Waals surface area contributed by atoms with E-state index in [9.17, 15) is 4.79 Å². The van der Waals surface area contributed by atoms with Crippen molar-refractivity contribution in [2.75, 3.05) is 6.54 Å². The van der Waals surface area contributed by atoms with Crippen LogP contribution in [0, 0.1) is 19.8 Å². The Morgan fingerprint density at radius 2 is 2.09 bits per heavy atom. The number of thiophene rings is 1. The third kappa shape index (κ3) is 5.04. The predicted octanol–water partition coefficient (Wildman–Crippen LogP) is 4.75. The number of rotatable bonds is 6. The van der Waals surface area contributed by atoms with Gasteiger partial charge in [0, 0.05) is 16.3 Å². The molecule has 1 N–H and O–H groups in total. The molecule has 4 nitrogen and oxygen atoms in total. The highest BCUT2D eigenvalue weighted by Gasteiger charge is 2.20. The maximum absolute atomic E-state index is 12.7. The maximum Gasteiger partial charge on any atom is 0.318 e. The lowest BCUT2D eigenvalue weighted by Gasteiger charge is -2.26. The summed E-state index contributed by atoms with van der Waals surface area (Å²) in [5.41, 5.74) is 0.974. The summed E-state index contributed by atoms with van der Waals surface area (Å²) in [4.78, 5) is 21.5. The van der Waals surface area contributed by atoms with E-state index in [4.69, 9.17) is 0 Å². The Morgan fingerprint density at radius 3 is 2.61 bits per heavy atom. The van der Waals surface area contributed by atoms with Crippen molar-refractivity contribution in [3.63, 3.8) is 0 Å². The molecule has 0 bridgehead atoms. The van der Waals surface area contributed by atoms with Crippen LogP contribution in [0.3, 0.4) is 0 Å². The van der Waals surface area contributed by atoms with Gasteiger partial charge in [-0.3, -0.25) is 0 Å². The molecule has 2 aromatic rings. The van der Waals surface area contributed by atoms with Crippen molar-refractivity contribution in [1.82, 2.24) is 15.2 Å². The number of carbonyl (C=O) groups is 1. The Morgan fingerprint density at radius 1 is 1.35 bits per heavy atom. The van der Waals surface area contributed by atoms with Crippen molar-refractivity contribution in [2.24, 2.45) is 5.92 Å².